The van der Waals surface area contributed by atoms with Crippen LogP contribution >= 0.6 is 0 Å². The fraction of sp³-hybridized carbons (Fsp3) is 0.318. The Hall–Kier alpha value is -3.17. The van der Waals surface area contributed by atoms with Crippen LogP contribution in [0.2, 0.25) is 0 Å². The summed E-state index contributed by atoms with van der Waals surface area (Å²) in [6, 6.07) is 13.0. The van der Waals surface area contributed by atoms with Crippen LogP contribution in [0.1, 0.15) is 24.0 Å². The third-order valence-corrected chi connectivity index (χ3v) is 5.09. The number of fused-ring (bicyclic) bond motifs is 2. The highest BCUT2D eigenvalue weighted by molar-refractivity contribution is 5.74. The summed E-state index contributed by atoms with van der Waals surface area (Å²) in [5.74, 6) is 0.539. The molecule has 0 radical (unpaired) electrons. The van der Waals surface area contributed by atoms with Crippen LogP contribution in [0.5, 0.6) is 5.88 Å². The zero-order chi connectivity index (χ0) is 19.3. The molecule has 1 aliphatic rings. The first-order valence-electron chi connectivity index (χ1n) is 9.56. The number of unbranched alkanes of at least 4 members (excludes halogenated alkanes) is 1. The van der Waals surface area contributed by atoms with Gasteiger partial charge < -0.3 is 9.72 Å². The Morgan fingerprint density at radius 1 is 1.14 bits per heavy atom. The van der Waals surface area contributed by atoms with Gasteiger partial charge in [0.05, 0.1) is 13.2 Å². The molecule has 0 unspecified atom stereocenters. The van der Waals surface area contributed by atoms with Crippen molar-refractivity contribution < 1.29 is 4.74 Å². The van der Waals surface area contributed by atoms with Gasteiger partial charge in [0, 0.05) is 30.6 Å². The van der Waals surface area contributed by atoms with Crippen molar-refractivity contribution in [1.82, 2.24) is 14.9 Å². The number of hydrogen-bond acceptors (Lipinski definition) is 4. The first-order valence-corrected chi connectivity index (χ1v) is 9.56. The van der Waals surface area contributed by atoms with Crippen LogP contribution in [0.4, 0.5) is 5.69 Å². The quantitative estimate of drug-likeness (QED) is 0.528. The largest absolute Gasteiger partial charge is 0.478 e. The number of H-pyrrole nitrogens is 1. The maximum Gasteiger partial charge on any atom is 0.249 e. The van der Waals surface area contributed by atoms with Crippen LogP contribution in [0, 0.1) is 6.57 Å². The van der Waals surface area contributed by atoms with Gasteiger partial charge in [-0.25, -0.2) is 4.85 Å². The number of aromatic amines is 1. The van der Waals surface area contributed by atoms with Crippen LogP contribution in [0.15, 0.2) is 47.3 Å². The van der Waals surface area contributed by atoms with Gasteiger partial charge in [0.15, 0.2) is 5.69 Å². The van der Waals surface area contributed by atoms with E-state index in [9.17, 15) is 4.79 Å². The molecule has 0 saturated heterocycles. The van der Waals surface area contributed by atoms with Gasteiger partial charge in [-0.3, -0.25) is 9.69 Å². The number of hydrogen-bond donors (Lipinski definition) is 1. The molecule has 1 aliphatic heterocycles. The Balaban J connectivity index is 1.23. The van der Waals surface area contributed by atoms with Crippen molar-refractivity contribution in [2.24, 2.45) is 0 Å². The molecule has 4 rings (SSSR count). The second-order valence-corrected chi connectivity index (χ2v) is 7.06. The van der Waals surface area contributed by atoms with Crippen molar-refractivity contribution in [1.29, 1.82) is 0 Å². The van der Waals surface area contributed by atoms with Crippen molar-refractivity contribution in [3.8, 4) is 5.88 Å². The van der Waals surface area contributed by atoms with Crippen molar-refractivity contribution in [2.75, 3.05) is 19.7 Å². The molecule has 3 heterocycles. The van der Waals surface area contributed by atoms with Crippen LogP contribution in [0.25, 0.3) is 15.9 Å². The monoisotopic (exact) mass is 374 g/mol. The van der Waals surface area contributed by atoms with Crippen LogP contribution in [-0.2, 0) is 13.0 Å². The minimum Gasteiger partial charge on any atom is -0.478 e. The first-order chi connectivity index (χ1) is 13.7. The summed E-state index contributed by atoms with van der Waals surface area (Å²) >= 11 is 0. The molecule has 0 saturated carbocycles. The summed E-state index contributed by atoms with van der Waals surface area (Å²) in [7, 11) is 0. The minimum absolute atomic E-state index is 0.162. The van der Waals surface area contributed by atoms with Gasteiger partial charge in [-0.2, -0.15) is 4.98 Å². The molecular formula is C22H22N4O2. The Morgan fingerprint density at radius 2 is 2.04 bits per heavy atom. The molecule has 3 aromatic rings. The molecule has 0 spiro atoms. The van der Waals surface area contributed by atoms with E-state index in [-0.39, 0.29) is 5.56 Å². The lowest BCUT2D eigenvalue weighted by molar-refractivity contribution is 0.233. The second kappa shape index (κ2) is 8.24. The van der Waals surface area contributed by atoms with Gasteiger partial charge >= 0.3 is 0 Å². The molecule has 28 heavy (non-hydrogen) atoms. The normalized spacial score (nSPS) is 13.8. The summed E-state index contributed by atoms with van der Waals surface area (Å²) in [5.41, 5.74) is 3.78. The Bertz CT molecular complexity index is 1080. The Labute approximate surface area is 163 Å². The predicted molar refractivity (Wildman–Crippen MR) is 109 cm³/mol. The number of ether oxygens (including phenoxy) is 1. The van der Waals surface area contributed by atoms with Crippen molar-refractivity contribution >= 4 is 16.7 Å². The number of benzene rings is 1. The number of nitrogens with one attached hydrogen (secondary N) is 1. The van der Waals surface area contributed by atoms with E-state index in [1.165, 1.54) is 17.2 Å². The van der Waals surface area contributed by atoms with E-state index in [0.29, 0.717) is 18.1 Å². The Morgan fingerprint density at radius 3 is 2.93 bits per heavy atom. The topological polar surface area (TPSA) is 62.6 Å². The number of aromatic nitrogens is 2. The standard InChI is InChI=1S/C22H22N4O2/c1-23-19-7-4-18-15-26(12-10-17(18)14-19)11-2-3-13-28-21-9-6-16-5-8-20(27)24-22(16)25-21/h4-9,14H,2-3,10-13,15H2,(H,24,25,27). The lowest BCUT2D eigenvalue weighted by Gasteiger charge is -2.28. The highest BCUT2D eigenvalue weighted by Crippen LogP contribution is 2.24. The highest BCUT2D eigenvalue weighted by Gasteiger charge is 2.15. The molecule has 142 valence electrons. The zero-order valence-electron chi connectivity index (χ0n) is 15.6. The summed E-state index contributed by atoms with van der Waals surface area (Å²) in [4.78, 5) is 24.4. The zero-order valence-corrected chi connectivity index (χ0v) is 15.6. The molecule has 2 aromatic heterocycles. The van der Waals surface area contributed by atoms with Crippen molar-refractivity contribution in [2.45, 2.75) is 25.8 Å². The molecule has 0 aliphatic carbocycles. The summed E-state index contributed by atoms with van der Waals surface area (Å²) < 4.78 is 5.75. The Kier molecular flexibility index (Phi) is 5.36. The highest BCUT2D eigenvalue weighted by atomic mass is 16.5. The average molecular weight is 374 g/mol. The molecule has 1 N–H and O–H groups in total. The van der Waals surface area contributed by atoms with Crippen LogP contribution in [-0.4, -0.2) is 34.6 Å². The van der Waals surface area contributed by atoms with Gasteiger partial charge in [-0.05, 0) is 43.5 Å². The smallest absolute Gasteiger partial charge is 0.249 e. The first kappa shape index (κ1) is 18.2. The minimum atomic E-state index is -0.162. The van der Waals surface area contributed by atoms with Crippen LogP contribution < -0.4 is 10.3 Å². The SMILES string of the molecule is [C-]#[N+]c1ccc2c(c1)CCN(CCCCOc1ccc3ccc(=O)[nH]c3n1)C2. The third kappa shape index (κ3) is 4.21. The van der Waals surface area contributed by atoms with Gasteiger partial charge in [0.2, 0.25) is 11.4 Å². The summed E-state index contributed by atoms with van der Waals surface area (Å²) in [6.07, 6.45) is 3.01. The molecule has 0 bridgehead atoms. The maximum absolute atomic E-state index is 11.4. The average Bonchev–Trinajstić information content (AvgIpc) is 2.72. The second-order valence-electron chi connectivity index (χ2n) is 7.06. The maximum atomic E-state index is 11.4. The van der Waals surface area contributed by atoms with E-state index in [1.807, 2.05) is 24.3 Å². The summed E-state index contributed by atoms with van der Waals surface area (Å²) in [5, 5.41) is 0.890. The van der Waals surface area contributed by atoms with E-state index in [4.69, 9.17) is 11.3 Å². The fourth-order valence-electron chi connectivity index (χ4n) is 3.56. The summed E-state index contributed by atoms with van der Waals surface area (Å²) in [6.45, 7) is 10.8. The van der Waals surface area contributed by atoms with Crippen LogP contribution in [0.3, 0.4) is 0 Å². The van der Waals surface area contributed by atoms with Crippen molar-refractivity contribution in [3.63, 3.8) is 0 Å². The van der Waals surface area contributed by atoms with Gasteiger partial charge in [0.25, 0.3) is 0 Å². The predicted octanol–water partition coefficient (Wildman–Crippen LogP) is 3.69. The molecule has 1 aromatic carbocycles. The fourth-order valence-corrected chi connectivity index (χ4v) is 3.56. The van der Waals surface area contributed by atoms with Crippen molar-refractivity contribution in [3.05, 3.63) is 75.4 Å². The van der Waals surface area contributed by atoms with E-state index < -0.39 is 0 Å². The molecule has 0 amide bonds. The van der Waals surface area contributed by atoms with Gasteiger partial charge in [-0.15, -0.1) is 0 Å². The van der Waals surface area contributed by atoms with E-state index in [1.54, 1.807) is 6.07 Å². The lowest BCUT2D eigenvalue weighted by Crippen LogP contribution is -2.31. The molecule has 0 fully saturated rings. The molecular weight excluding hydrogens is 352 g/mol. The van der Waals surface area contributed by atoms with E-state index in [2.05, 4.69) is 25.8 Å². The van der Waals surface area contributed by atoms with E-state index in [0.717, 1.165) is 50.0 Å². The number of nitrogens with zero attached hydrogens (tertiary/aromatic N) is 3. The molecule has 0 atom stereocenters. The van der Waals surface area contributed by atoms with Gasteiger partial charge in [0.1, 0.15) is 5.65 Å². The molecule has 6 heteroatoms. The number of rotatable bonds is 6. The number of pyridine rings is 2. The van der Waals surface area contributed by atoms with Gasteiger partial charge in [-0.1, -0.05) is 23.8 Å². The molecule has 6 nitrogen and oxygen atoms in total. The lowest BCUT2D eigenvalue weighted by atomic mass is 9.99. The third-order valence-electron chi connectivity index (χ3n) is 5.09. The van der Waals surface area contributed by atoms with E-state index >= 15 is 0 Å².